The summed E-state index contributed by atoms with van der Waals surface area (Å²) in [6.07, 6.45) is 3.08. The Morgan fingerprint density at radius 3 is 2.40 bits per heavy atom. The molecule has 0 unspecified atom stereocenters. The van der Waals surface area contributed by atoms with E-state index in [1.807, 2.05) is 25.6 Å². The van der Waals surface area contributed by atoms with Gasteiger partial charge in [0.05, 0.1) is 13.2 Å². The van der Waals surface area contributed by atoms with E-state index in [2.05, 4.69) is 5.09 Å². The predicted molar refractivity (Wildman–Crippen MR) is 89.0 cm³/mol. The van der Waals surface area contributed by atoms with Crippen LogP contribution < -0.4 is 5.09 Å². The van der Waals surface area contributed by atoms with Gasteiger partial charge in [0.2, 0.25) is 0 Å². The van der Waals surface area contributed by atoms with Crippen molar-refractivity contribution in [2.24, 2.45) is 0 Å². The molecule has 0 rings (SSSR count). The van der Waals surface area contributed by atoms with Gasteiger partial charge in [-0.2, -0.15) is 11.8 Å². The van der Waals surface area contributed by atoms with Crippen LogP contribution >= 0.6 is 18.4 Å². The van der Waals surface area contributed by atoms with Crippen LogP contribution in [-0.2, 0) is 25.6 Å². The Labute approximate surface area is 131 Å². The molecule has 0 aromatic heterocycles. The minimum atomic E-state index is -2.29. The first-order chi connectivity index (χ1) is 9.54. The van der Waals surface area contributed by atoms with Crippen molar-refractivity contribution in [3.8, 4) is 0 Å². The second kappa shape index (κ2) is 13.0. The Hall–Kier alpha value is 0.350. The van der Waals surface area contributed by atoms with Gasteiger partial charge in [0.1, 0.15) is 0 Å². The highest BCUT2D eigenvalue weighted by Gasteiger charge is 2.16. The van der Waals surface area contributed by atoms with Crippen LogP contribution in [0.15, 0.2) is 0 Å². The van der Waals surface area contributed by atoms with Crippen LogP contribution in [-0.4, -0.2) is 42.3 Å². The fourth-order valence-corrected chi connectivity index (χ4v) is 4.72. The van der Waals surface area contributed by atoms with E-state index in [0.717, 1.165) is 37.3 Å². The zero-order chi connectivity index (χ0) is 15.3. The van der Waals surface area contributed by atoms with Gasteiger partial charge < -0.3 is 14.2 Å². The molecule has 5 nitrogen and oxygen atoms in total. The summed E-state index contributed by atoms with van der Waals surface area (Å²) in [6.45, 7) is 3.42. The molecule has 0 aliphatic rings. The maximum absolute atomic E-state index is 10.3. The van der Waals surface area contributed by atoms with Crippen molar-refractivity contribution in [3.05, 3.63) is 0 Å². The monoisotopic (exact) mass is 343 g/mol. The summed E-state index contributed by atoms with van der Waals surface area (Å²) in [6, 6.07) is 0. The van der Waals surface area contributed by atoms with Crippen LogP contribution in [0.1, 0.15) is 39.5 Å². The Morgan fingerprint density at radius 2 is 1.85 bits per heavy atom. The minimum Gasteiger partial charge on any atom is -0.481 e. The third-order valence-corrected chi connectivity index (χ3v) is 6.23. The number of nitrogens with one attached hydrogen (secondary N) is 1. The number of unbranched alkanes of at least 4 members (excludes halogenated alkanes) is 2. The van der Waals surface area contributed by atoms with E-state index in [4.69, 9.17) is 26.0 Å². The maximum Gasteiger partial charge on any atom is 0.303 e. The Bertz CT molecular complexity index is 295. The molecule has 0 aliphatic heterocycles. The smallest absolute Gasteiger partial charge is 0.303 e. The van der Waals surface area contributed by atoms with Gasteiger partial charge in [0.15, 0.2) is 0 Å². The van der Waals surface area contributed by atoms with Gasteiger partial charge in [-0.05, 0) is 44.2 Å². The van der Waals surface area contributed by atoms with Crippen molar-refractivity contribution in [2.75, 3.05) is 31.3 Å². The third kappa shape index (κ3) is 12.1. The van der Waals surface area contributed by atoms with Crippen molar-refractivity contribution in [2.45, 2.75) is 39.5 Å². The molecule has 0 atom stereocenters. The van der Waals surface area contributed by atoms with Crippen LogP contribution in [0.5, 0.6) is 0 Å². The standard InChI is InChI=1S/C12H26NO4PS2/c1-3-16-18(19,17-4-2)13-9-11-20-10-7-5-6-8-12(14)15/h3-11H2,1-2H3,(H,13,19)(H,14,15). The summed E-state index contributed by atoms with van der Waals surface area (Å²) in [5, 5.41) is 11.7. The van der Waals surface area contributed by atoms with Crippen molar-refractivity contribution >= 4 is 36.2 Å². The van der Waals surface area contributed by atoms with Crippen molar-refractivity contribution in [1.29, 1.82) is 0 Å². The summed E-state index contributed by atoms with van der Waals surface area (Å²) < 4.78 is 11.0. The lowest BCUT2D eigenvalue weighted by atomic mass is 10.2. The number of hydrogen-bond donors (Lipinski definition) is 2. The molecule has 2 N–H and O–H groups in total. The zero-order valence-corrected chi connectivity index (χ0v) is 14.8. The van der Waals surface area contributed by atoms with E-state index in [-0.39, 0.29) is 6.42 Å². The first-order valence-corrected chi connectivity index (χ1v) is 10.8. The highest BCUT2D eigenvalue weighted by atomic mass is 32.5. The van der Waals surface area contributed by atoms with Crippen LogP contribution in [0, 0.1) is 0 Å². The van der Waals surface area contributed by atoms with Crippen LogP contribution in [0.4, 0.5) is 0 Å². The number of hydrogen-bond acceptors (Lipinski definition) is 5. The summed E-state index contributed by atoms with van der Waals surface area (Å²) in [4.78, 5) is 10.3. The molecule has 0 amide bonds. The fourth-order valence-electron chi connectivity index (χ4n) is 1.48. The van der Waals surface area contributed by atoms with Gasteiger partial charge >= 0.3 is 5.97 Å². The summed E-state index contributed by atoms with van der Waals surface area (Å²) in [5.41, 5.74) is 0. The second-order valence-electron chi connectivity index (χ2n) is 4.06. The van der Waals surface area contributed by atoms with E-state index >= 15 is 0 Å². The van der Waals surface area contributed by atoms with Gasteiger partial charge in [-0.25, -0.2) is 5.09 Å². The molecule has 0 radical (unpaired) electrons. The number of aliphatic carboxylic acids is 1. The molecule has 0 heterocycles. The lowest BCUT2D eigenvalue weighted by Crippen LogP contribution is -2.17. The third-order valence-electron chi connectivity index (χ3n) is 2.33. The summed E-state index contributed by atoms with van der Waals surface area (Å²) in [7, 11) is 0. The lowest BCUT2D eigenvalue weighted by Gasteiger charge is -2.21. The van der Waals surface area contributed by atoms with Gasteiger partial charge in [-0.1, -0.05) is 6.42 Å². The van der Waals surface area contributed by atoms with E-state index in [1.54, 1.807) is 0 Å². The molecule has 20 heavy (non-hydrogen) atoms. The van der Waals surface area contributed by atoms with E-state index in [1.165, 1.54) is 0 Å². The highest BCUT2D eigenvalue weighted by Crippen LogP contribution is 2.43. The first kappa shape index (κ1) is 20.3. The lowest BCUT2D eigenvalue weighted by molar-refractivity contribution is -0.137. The normalized spacial score (nSPS) is 11.7. The van der Waals surface area contributed by atoms with E-state index in [0.29, 0.717) is 13.2 Å². The average molecular weight is 343 g/mol. The molecule has 0 aromatic rings. The average Bonchev–Trinajstić information content (AvgIpc) is 2.37. The van der Waals surface area contributed by atoms with Crippen molar-refractivity contribution in [3.63, 3.8) is 0 Å². The Kier molecular flexibility index (Phi) is 13.3. The maximum atomic E-state index is 10.3. The van der Waals surface area contributed by atoms with Crippen LogP contribution in [0.25, 0.3) is 0 Å². The predicted octanol–water partition coefficient (Wildman–Crippen LogP) is 3.25. The zero-order valence-electron chi connectivity index (χ0n) is 12.3. The van der Waals surface area contributed by atoms with Gasteiger partial charge in [-0.15, -0.1) is 0 Å². The molecule has 120 valence electrons. The highest BCUT2D eigenvalue weighted by molar-refractivity contribution is 8.09. The molecule has 0 saturated heterocycles. The molecule has 0 saturated carbocycles. The molecule has 0 spiro atoms. The summed E-state index contributed by atoms with van der Waals surface area (Å²) >= 11 is 7.19. The van der Waals surface area contributed by atoms with Gasteiger partial charge in [-0.3, -0.25) is 4.79 Å². The molecule has 0 fully saturated rings. The molecular weight excluding hydrogens is 317 g/mol. The topological polar surface area (TPSA) is 67.8 Å². The second-order valence-corrected chi connectivity index (χ2v) is 8.55. The number of carbonyl (C=O) groups is 1. The van der Waals surface area contributed by atoms with Crippen LogP contribution in [0.3, 0.4) is 0 Å². The first-order valence-electron chi connectivity index (χ1n) is 6.98. The van der Waals surface area contributed by atoms with Gasteiger partial charge in [0.25, 0.3) is 6.64 Å². The fraction of sp³-hybridized carbons (Fsp3) is 0.917. The van der Waals surface area contributed by atoms with E-state index < -0.39 is 12.6 Å². The number of carboxylic acid groups (broad SMARTS) is 1. The molecular formula is C12H26NO4PS2. The molecule has 0 bridgehead atoms. The number of carboxylic acids is 1. The largest absolute Gasteiger partial charge is 0.481 e. The summed E-state index contributed by atoms with van der Waals surface area (Å²) in [5.74, 6) is 1.30. The quantitative estimate of drug-likeness (QED) is 0.371. The molecule has 0 aromatic carbocycles. The van der Waals surface area contributed by atoms with Crippen LogP contribution in [0.2, 0.25) is 0 Å². The van der Waals surface area contributed by atoms with Crippen molar-refractivity contribution < 1.29 is 18.9 Å². The Morgan fingerprint density at radius 1 is 1.20 bits per heavy atom. The van der Waals surface area contributed by atoms with Crippen molar-refractivity contribution in [1.82, 2.24) is 5.09 Å². The number of rotatable bonds is 14. The SMILES string of the molecule is CCOP(=S)(NCCSCCCCCC(=O)O)OCC. The number of thioether (sulfide) groups is 1. The minimum absolute atomic E-state index is 0.276. The van der Waals surface area contributed by atoms with Gasteiger partial charge in [0, 0.05) is 18.7 Å². The molecule has 8 heteroatoms. The Balaban J connectivity index is 3.50. The molecule has 0 aliphatic carbocycles. The van der Waals surface area contributed by atoms with E-state index in [9.17, 15) is 4.79 Å².